The minimum atomic E-state index is -0.371. The van der Waals surface area contributed by atoms with E-state index in [2.05, 4.69) is 24.3 Å². The number of oxime groups is 1. The van der Waals surface area contributed by atoms with Crippen molar-refractivity contribution in [3.63, 3.8) is 0 Å². The molecule has 0 bridgehead atoms. The first-order valence-corrected chi connectivity index (χ1v) is 6.20. The number of nitrogens with zero attached hydrogens (tertiary/aromatic N) is 1. The number of amidine groups is 1. The van der Waals surface area contributed by atoms with Gasteiger partial charge in [0, 0.05) is 5.92 Å². The summed E-state index contributed by atoms with van der Waals surface area (Å²) in [6.07, 6.45) is 3.71. The van der Waals surface area contributed by atoms with Crippen molar-refractivity contribution >= 4 is 11.7 Å². The molecular formula is C12H23N3O2. The lowest BCUT2D eigenvalue weighted by Crippen LogP contribution is -2.47. The van der Waals surface area contributed by atoms with E-state index < -0.39 is 0 Å². The van der Waals surface area contributed by atoms with Crippen LogP contribution in [0.5, 0.6) is 0 Å². The number of nitrogens with one attached hydrogen (secondary N) is 1. The number of carbonyl (C=O) groups excluding carboxylic acids is 1. The quantitative estimate of drug-likeness (QED) is 0.301. The van der Waals surface area contributed by atoms with Gasteiger partial charge in [-0.05, 0) is 24.7 Å². The van der Waals surface area contributed by atoms with E-state index >= 15 is 0 Å². The van der Waals surface area contributed by atoms with Crippen molar-refractivity contribution < 1.29 is 10.0 Å². The van der Waals surface area contributed by atoms with Gasteiger partial charge in [0.1, 0.15) is 0 Å². The highest BCUT2D eigenvalue weighted by Crippen LogP contribution is 2.42. The van der Waals surface area contributed by atoms with Gasteiger partial charge in [-0.2, -0.15) is 0 Å². The second kappa shape index (κ2) is 5.38. The summed E-state index contributed by atoms with van der Waals surface area (Å²) in [4.78, 5) is 12.1. The highest BCUT2D eigenvalue weighted by atomic mass is 16.4. The van der Waals surface area contributed by atoms with Gasteiger partial charge in [0.05, 0.1) is 6.04 Å². The molecule has 1 amide bonds. The summed E-state index contributed by atoms with van der Waals surface area (Å²) in [7, 11) is 0. The van der Waals surface area contributed by atoms with Crippen molar-refractivity contribution in [1.29, 1.82) is 0 Å². The Kier molecular flexibility index (Phi) is 4.37. The van der Waals surface area contributed by atoms with Crippen LogP contribution in [0.25, 0.3) is 0 Å². The van der Waals surface area contributed by atoms with Gasteiger partial charge in [-0.1, -0.05) is 32.3 Å². The maximum absolute atomic E-state index is 12.1. The molecule has 1 fully saturated rings. The highest BCUT2D eigenvalue weighted by Gasteiger charge is 2.39. The lowest BCUT2D eigenvalue weighted by atomic mass is 9.81. The molecule has 1 rings (SSSR count). The van der Waals surface area contributed by atoms with E-state index in [1.165, 1.54) is 0 Å². The molecule has 0 heterocycles. The van der Waals surface area contributed by atoms with E-state index in [-0.39, 0.29) is 29.1 Å². The van der Waals surface area contributed by atoms with Gasteiger partial charge in [0.2, 0.25) is 5.91 Å². The zero-order valence-electron chi connectivity index (χ0n) is 10.9. The van der Waals surface area contributed by atoms with Crippen LogP contribution in [0.1, 0.15) is 46.5 Å². The minimum absolute atomic E-state index is 0.0194. The summed E-state index contributed by atoms with van der Waals surface area (Å²) in [6.45, 7) is 6.13. The SMILES string of the molecule is CCC(NC(=O)C1CCCC1(C)C)C(N)=NO. The molecule has 0 aliphatic heterocycles. The number of carbonyl (C=O) groups is 1. The monoisotopic (exact) mass is 241 g/mol. The lowest BCUT2D eigenvalue weighted by Gasteiger charge is -2.27. The summed E-state index contributed by atoms with van der Waals surface area (Å²) in [5.74, 6) is 0.116. The third-order valence-corrected chi connectivity index (χ3v) is 3.77. The van der Waals surface area contributed by atoms with Gasteiger partial charge in [-0.25, -0.2) is 0 Å². The maximum atomic E-state index is 12.1. The molecule has 1 aliphatic carbocycles. The van der Waals surface area contributed by atoms with Crippen molar-refractivity contribution in [2.75, 3.05) is 0 Å². The van der Waals surface area contributed by atoms with Crippen molar-refractivity contribution in [2.45, 2.75) is 52.5 Å². The predicted molar refractivity (Wildman–Crippen MR) is 66.8 cm³/mol. The van der Waals surface area contributed by atoms with Crippen molar-refractivity contribution in [1.82, 2.24) is 5.32 Å². The van der Waals surface area contributed by atoms with E-state index in [1.807, 2.05) is 6.92 Å². The molecule has 2 atom stereocenters. The lowest BCUT2D eigenvalue weighted by molar-refractivity contribution is -0.127. The summed E-state index contributed by atoms with van der Waals surface area (Å²) < 4.78 is 0. The van der Waals surface area contributed by atoms with Crippen LogP contribution in [0.3, 0.4) is 0 Å². The molecule has 0 saturated heterocycles. The van der Waals surface area contributed by atoms with Crippen LogP contribution in [0.15, 0.2) is 5.16 Å². The first kappa shape index (κ1) is 13.8. The molecule has 4 N–H and O–H groups in total. The Hall–Kier alpha value is -1.26. The smallest absolute Gasteiger partial charge is 0.224 e. The number of nitrogens with two attached hydrogens (primary N) is 1. The average Bonchev–Trinajstić information content (AvgIpc) is 2.64. The first-order valence-electron chi connectivity index (χ1n) is 6.20. The molecule has 1 saturated carbocycles. The molecule has 1 aliphatic rings. The maximum Gasteiger partial charge on any atom is 0.224 e. The van der Waals surface area contributed by atoms with Crippen LogP contribution in [-0.2, 0) is 4.79 Å². The second-order valence-corrected chi connectivity index (χ2v) is 5.43. The molecule has 98 valence electrons. The van der Waals surface area contributed by atoms with Crippen LogP contribution >= 0.6 is 0 Å². The fourth-order valence-corrected chi connectivity index (χ4v) is 2.54. The fourth-order valence-electron chi connectivity index (χ4n) is 2.54. The number of hydrogen-bond acceptors (Lipinski definition) is 3. The molecular weight excluding hydrogens is 218 g/mol. The van der Waals surface area contributed by atoms with Gasteiger partial charge in [0.15, 0.2) is 5.84 Å². The summed E-state index contributed by atoms with van der Waals surface area (Å²) in [5, 5.41) is 14.4. The third kappa shape index (κ3) is 3.11. The highest BCUT2D eigenvalue weighted by molar-refractivity contribution is 5.90. The zero-order chi connectivity index (χ0) is 13.1. The molecule has 0 spiro atoms. The molecule has 2 unspecified atom stereocenters. The Morgan fingerprint density at radius 3 is 2.71 bits per heavy atom. The van der Waals surface area contributed by atoms with Crippen LogP contribution in [0.2, 0.25) is 0 Å². The summed E-state index contributed by atoms with van der Waals surface area (Å²) in [6, 6.07) is -0.371. The van der Waals surface area contributed by atoms with Crippen LogP contribution in [-0.4, -0.2) is 23.0 Å². The second-order valence-electron chi connectivity index (χ2n) is 5.43. The molecule has 17 heavy (non-hydrogen) atoms. The van der Waals surface area contributed by atoms with E-state index in [0.717, 1.165) is 19.3 Å². The van der Waals surface area contributed by atoms with E-state index in [0.29, 0.717) is 6.42 Å². The number of rotatable bonds is 4. The normalized spacial score (nSPS) is 25.6. The largest absolute Gasteiger partial charge is 0.409 e. The Labute approximate surface area is 102 Å². The predicted octanol–water partition coefficient (Wildman–Crippen LogP) is 1.45. The van der Waals surface area contributed by atoms with Crippen LogP contribution in [0.4, 0.5) is 0 Å². The van der Waals surface area contributed by atoms with Gasteiger partial charge >= 0.3 is 0 Å². The van der Waals surface area contributed by atoms with Crippen LogP contribution in [0, 0.1) is 11.3 Å². The number of hydrogen-bond donors (Lipinski definition) is 3. The Bertz CT molecular complexity index is 313. The third-order valence-electron chi connectivity index (χ3n) is 3.77. The van der Waals surface area contributed by atoms with E-state index in [9.17, 15) is 4.79 Å². The van der Waals surface area contributed by atoms with Gasteiger partial charge in [-0.15, -0.1) is 0 Å². The minimum Gasteiger partial charge on any atom is -0.409 e. The van der Waals surface area contributed by atoms with Gasteiger partial charge in [0.25, 0.3) is 0 Å². The molecule has 0 radical (unpaired) electrons. The summed E-state index contributed by atoms with van der Waals surface area (Å²) >= 11 is 0. The first-order chi connectivity index (χ1) is 7.92. The van der Waals surface area contributed by atoms with E-state index in [1.54, 1.807) is 0 Å². The standard InChI is InChI=1S/C12H23N3O2/c1-4-9(10(13)15-17)14-11(16)8-6-5-7-12(8,2)3/h8-9,17H,4-7H2,1-3H3,(H2,13,15)(H,14,16). The molecule has 0 aromatic heterocycles. The molecule has 0 aromatic rings. The number of amides is 1. The fraction of sp³-hybridized carbons (Fsp3) is 0.833. The van der Waals surface area contributed by atoms with E-state index in [4.69, 9.17) is 10.9 Å². The Morgan fingerprint density at radius 1 is 1.65 bits per heavy atom. The summed E-state index contributed by atoms with van der Waals surface area (Å²) in [5.41, 5.74) is 5.58. The molecule has 5 nitrogen and oxygen atoms in total. The van der Waals surface area contributed by atoms with Crippen molar-refractivity contribution in [3.05, 3.63) is 0 Å². The Morgan fingerprint density at radius 2 is 2.29 bits per heavy atom. The Balaban J connectivity index is 2.65. The van der Waals surface area contributed by atoms with Crippen molar-refractivity contribution in [3.8, 4) is 0 Å². The topological polar surface area (TPSA) is 87.7 Å². The molecule has 5 heteroatoms. The van der Waals surface area contributed by atoms with Gasteiger partial charge in [-0.3, -0.25) is 4.79 Å². The van der Waals surface area contributed by atoms with Crippen LogP contribution < -0.4 is 11.1 Å². The van der Waals surface area contributed by atoms with Crippen molar-refractivity contribution in [2.24, 2.45) is 22.2 Å². The molecule has 0 aromatic carbocycles. The average molecular weight is 241 g/mol. The zero-order valence-corrected chi connectivity index (χ0v) is 10.9. The van der Waals surface area contributed by atoms with Gasteiger partial charge < -0.3 is 16.3 Å².